The maximum Gasteiger partial charge on any atom is 0.0958 e. The largest absolute Gasteiger partial charge is 0.331 e. The fourth-order valence-corrected chi connectivity index (χ4v) is 1.89. The van der Waals surface area contributed by atoms with Crippen molar-refractivity contribution in [2.24, 2.45) is 0 Å². The highest BCUT2D eigenvalue weighted by atomic mass is 79.9. The second-order valence-electron chi connectivity index (χ2n) is 3.42. The Bertz CT molecular complexity index is 439. The number of aryl methyl sites for hydroxylation is 1. The van der Waals surface area contributed by atoms with Gasteiger partial charge in [-0.3, -0.25) is 0 Å². The molecule has 0 spiro atoms. The average Bonchev–Trinajstić information content (AvgIpc) is 2.57. The number of nitrogens with zero attached hydrogens (tertiary/aromatic N) is 2. The van der Waals surface area contributed by atoms with Crippen LogP contribution in [-0.2, 0) is 6.54 Å². The van der Waals surface area contributed by atoms with E-state index in [0.29, 0.717) is 0 Å². The lowest BCUT2D eigenvalue weighted by molar-refractivity contribution is 0.646. The predicted molar refractivity (Wildman–Crippen MR) is 69.6 cm³/mol. The zero-order chi connectivity index (χ0) is 9.97. The molecule has 2 rings (SSSR count). The van der Waals surface area contributed by atoms with Crippen molar-refractivity contribution in [1.29, 1.82) is 0 Å². The van der Waals surface area contributed by atoms with Gasteiger partial charge in [0.25, 0.3) is 0 Å². The van der Waals surface area contributed by atoms with E-state index in [1.54, 1.807) is 0 Å². The highest BCUT2D eigenvalue weighted by molar-refractivity contribution is 9.10. The van der Waals surface area contributed by atoms with Gasteiger partial charge in [0.2, 0.25) is 0 Å². The molecule has 2 aromatic rings. The lowest BCUT2D eigenvalue weighted by Crippen LogP contribution is -1.94. The monoisotopic (exact) mass is 288 g/mol. The summed E-state index contributed by atoms with van der Waals surface area (Å²) >= 11 is 3.45. The first-order valence-corrected chi connectivity index (χ1v) is 5.71. The number of halogens is 2. The second kappa shape index (κ2) is 5.52. The van der Waals surface area contributed by atoms with Crippen LogP contribution < -0.4 is 0 Å². The van der Waals surface area contributed by atoms with E-state index in [-0.39, 0.29) is 12.4 Å². The van der Waals surface area contributed by atoms with E-state index in [2.05, 4.69) is 50.6 Å². The van der Waals surface area contributed by atoms with Crippen LogP contribution in [0.3, 0.4) is 0 Å². The molecule has 0 saturated carbocycles. The normalized spacial score (nSPS) is 10.3. The Morgan fingerprint density at radius 2 is 2.20 bits per heavy atom. The second-order valence-corrected chi connectivity index (χ2v) is 4.34. The number of imidazole rings is 1. The molecule has 0 N–H and O–H groups in total. The van der Waals surface area contributed by atoms with Crippen molar-refractivity contribution < 1.29 is 0 Å². The van der Waals surface area contributed by atoms with Crippen LogP contribution in [0.1, 0.15) is 19.8 Å². The Kier molecular flexibility index (Phi) is 4.61. The van der Waals surface area contributed by atoms with Crippen molar-refractivity contribution in [3.8, 4) is 0 Å². The van der Waals surface area contributed by atoms with Gasteiger partial charge in [-0.05, 0) is 24.6 Å². The Morgan fingerprint density at radius 1 is 1.40 bits per heavy atom. The van der Waals surface area contributed by atoms with Crippen molar-refractivity contribution in [3.63, 3.8) is 0 Å². The summed E-state index contributed by atoms with van der Waals surface area (Å²) in [6.07, 6.45) is 4.35. The fourth-order valence-electron chi connectivity index (χ4n) is 1.54. The number of hydrogen-bond acceptors (Lipinski definition) is 1. The zero-order valence-electron chi connectivity index (χ0n) is 8.61. The van der Waals surface area contributed by atoms with Crippen molar-refractivity contribution in [3.05, 3.63) is 29.0 Å². The molecule has 15 heavy (non-hydrogen) atoms. The van der Waals surface area contributed by atoms with Crippen LogP contribution in [0.15, 0.2) is 29.0 Å². The Hall–Kier alpha value is -0.540. The summed E-state index contributed by atoms with van der Waals surface area (Å²) in [7, 11) is 0. The third-order valence-corrected chi connectivity index (χ3v) is 2.83. The molecule has 0 aliphatic heterocycles. The summed E-state index contributed by atoms with van der Waals surface area (Å²) in [5, 5.41) is 0. The predicted octanol–water partition coefficient (Wildman–Crippen LogP) is 4.02. The minimum absolute atomic E-state index is 0. The van der Waals surface area contributed by atoms with Crippen LogP contribution >= 0.6 is 28.3 Å². The van der Waals surface area contributed by atoms with E-state index in [4.69, 9.17) is 0 Å². The summed E-state index contributed by atoms with van der Waals surface area (Å²) in [4.78, 5) is 4.37. The first-order valence-electron chi connectivity index (χ1n) is 4.91. The topological polar surface area (TPSA) is 17.8 Å². The number of rotatable bonds is 3. The maximum atomic E-state index is 4.37. The minimum Gasteiger partial charge on any atom is -0.331 e. The van der Waals surface area contributed by atoms with Gasteiger partial charge in [-0.1, -0.05) is 29.3 Å². The van der Waals surface area contributed by atoms with Crippen LogP contribution in [-0.4, -0.2) is 9.55 Å². The molecule has 0 saturated heterocycles. The van der Waals surface area contributed by atoms with Gasteiger partial charge in [0.05, 0.1) is 17.4 Å². The van der Waals surface area contributed by atoms with Gasteiger partial charge in [-0.15, -0.1) is 12.4 Å². The van der Waals surface area contributed by atoms with E-state index in [1.807, 2.05) is 6.33 Å². The number of hydrogen-bond donors (Lipinski definition) is 0. The summed E-state index contributed by atoms with van der Waals surface area (Å²) in [6, 6.07) is 6.23. The average molecular weight is 290 g/mol. The van der Waals surface area contributed by atoms with Gasteiger partial charge in [0.15, 0.2) is 0 Å². The van der Waals surface area contributed by atoms with Gasteiger partial charge in [0, 0.05) is 11.0 Å². The highest BCUT2D eigenvalue weighted by Crippen LogP contribution is 2.18. The van der Waals surface area contributed by atoms with E-state index in [0.717, 1.165) is 16.5 Å². The van der Waals surface area contributed by atoms with E-state index < -0.39 is 0 Å². The molecular weight excluding hydrogens is 275 g/mol. The molecule has 0 aliphatic rings. The molecule has 1 aromatic carbocycles. The van der Waals surface area contributed by atoms with Gasteiger partial charge < -0.3 is 4.57 Å². The van der Waals surface area contributed by atoms with Gasteiger partial charge in [-0.25, -0.2) is 4.98 Å². The van der Waals surface area contributed by atoms with Crippen molar-refractivity contribution >= 4 is 39.4 Å². The standard InChI is InChI=1S/C11H13BrN2.ClH/c1-2-3-6-14-8-13-10-7-9(12)4-5-11(10)14;/h4-5,7-8H,2-3,6H2,1H3;1H. The van der Waals surface area contributed by atoms with Crippen LogP contribution in [0.2, 0.25) is 0 Å². The molecular formula is C11H14BrClN2. The van der Waals surface area contributed by atoms with E-state index in [1.165, 1.54) is 18.4 Å². The Labute approximate surface area is 104 Å². The fraction of sp³-hybridized carbons (Fsp3) is 0.364. The molecule has 0 aliphatic carbocycles. The van der Waals surface area contributed by atoms with Crippen LogP contribution in [0, 0.1) is 0 Å². The van der Waals surface area contributed by atoms with Gasteiger partial charge in [-0.2, -0.15) is 0 Å². The number of benzene rings is 1. The molecule has 0 unspecified atom stereocenters. The maximum absolute atomic E-state index is 4.37. The summed E-state index contributed by atoms with van der Waals surface area (Å²) in [5.41, 5.74) is 2.29. The van der Waals surface area contributed by atoms with Crippen molar-refractivity contribution in [2.45, 2.75) is 26.3 Å². The Morgan fingerprint density at radius 3 is 2.93 bits per heavy atom. The third kappa shape index (κ3) is 2.73. The Balaban J connectivity index is 0.00000112. The van der Waals surface area contributed by atoms with Gasteiger partial charge >= 0.3 is 0 Å². The molecule has 0 fully saturated rings. The van der Waals surface area contributed by atoms with Crippen LogP contribution in [0.25, 0.3) is 11.0 Å². The van der Waals surface area contributed by atoms with Crippen molar-refractivity contribution in [2.75, 3.05) is 0 Å². The van der Waals surface area contributed by atoms with E-state index >= 15 is 0 Å². The number of unbranched alkanes of at least 4 members (excludes halogenated alkanes) is 1. The zero-order valence-corrected chi connectivity index (χ0v) is 11.0. The molecule has 1 aromatic heterocycles. The highest BCUT2D eigenvalue weighted by Gasteiger charge is 2.01. The smallest absolute Gasteiger partial charge is 0.0958 e. The molecule has 0 atom stereocenters. The molecule has 0 radical (unpaired) electrons. The number of fused-ring (bicyclic) bond motifs is 1. The van der Waals surface area contributed by atoms with Crippen LogP contribution in [0.4, 0.5) is 0 Å². The number of aromatic nitrogens is 2. The molecule has 0 amide bonds. The molecule has 2 nitrogen and oxygen atoms in total. The molecule has 0 bridgehead atoms. The van der Waals surface area contributed by atoms with Crippen molar-refractivity contribution in [1.82, 2.24) is 9.55 Å². The van der Waals surface area contributed by atoms with Gasteiger partial charge in [0.1, 0.15) is 0 Å². The third-order valence-electron chi connectivity index (χ3n) is 2.34. The first-order chi connectivity index (χ1) is 6.81. The summed E-state index contributed by atoms with van der Waals surface area (Å²) in [5.74, 6) is 0. The summed E-state index contributed by atoms with van der Waals surface area (Å²) < 4.78 is 3.30. The van der Waals surface area contributed by atoms with E-state index in [9.17, 15) is 0 Å². The first kappa shape index (κ1) is 12.5. The molecule has 4 heteroatoms. The molecule has 82 valence electrons. The lowest BCUT2D eigenvalue weighted by atomic mass is 10.3. The quantitative estimate of drug-likeness (QED) is 0.834. The van der Waals surface area contributed by atoms with Crippen LogP contribution in [0.5, 0.6) is 0 Å². The SMILES string of the molecule is CCCCn1cnc2cc(Br)ccc21.Cl. The molecule has 1 heterocycles. The minimum atomic E-state index is 0. The lowest BCUT2D eigenvalue weighted by Gasteiger charge is -2.01. The summed E-state index contributed by atoms with van der Waals surface area (Å²) in [6.45, 7) is 3.27.